The average Bonchev–Trinajstić information content (AvgIpc) is 2.56. The van der Waals surface area contributed by atoms with Crippen molar-refractivity contribution in [3.63, 3.8) is 0 Å². The van der Waals surface area contributed by atoms with Gasteiger partial charge in [0.2, 0.25) is 0 Å². The molecule has 2 aromatic carbocycles. The number of rotatable bonds is 8. The summed E-state index contributed by atoms with van der Waals surface area (Å²) in [5.41, 5.74) is 3.54. The van der Waals surface area contributed by atoms with Gasteiger partial charge in [0.25, 0.3) is 0 Å². The number of terminal acetylenes is 1. The Morgan fingerprint density at radius 2 is 1.59 bits per heavy atom. The SMILES string of the molecule is C#CCOc1ccccc1CNCc1ccccc1COC. The average molecular weight is 295 g/mol. The van der Waals surface area contributed by atoms with Gasteiger partial charge in [-0.15, -0.1) is 6.42 Å². The van der Waals surface area contributed by atoms with Gasteiger partial charge in [-0.25, -0.2) is 0 Å². The minimum atomic E-state index is 0.285. The maximum Gasteiger partial charge on any atom is 0.148 e. The molecule has 0 aliphatic carbocycles. The second-order valence-corrected chi connectivity index (χ2v) is 4.91. The van der Waals surface area contributed by atoms with Crippen molar-refractivity contribution in [1.29, 1.82) is 0 Å². The summed E-state index contributed by atoms with van der Waals surface area (Å²) in [6.45, 7) is 2.42. The van der Waals surface area contributed by atoms with Gasteiger partial charge < -0.3 is 14.8 Å². The highest BCUT2D eigenvalue weighted by Crippen LogP contribution is 2.18. The summed E-state index contributed by atoms with van der Waals surface area (Å²) >= 11 is 0. The Bertz CT molecular complexity index is 631. The van der Waals surface area contributed by atoms with Gasteiger partial charge in [0.05, 0.1) is 6.61 Å². The van der Waals surface area contributed by atoms with Crippen molar-refractivity contribution in [2.45, 2.75) is 19.7 Å². The zero-order valence-electron chi connectivity index (χ0n) is 12.8. The van der Waals surface area contributed by atoms with Crippen LogP contribution in [0.5, 0.6) is 5.75 Å². The van der Waals surface area contributed by atoms with Gasteiger partial charge in [-0.1, -0.05) is 48.4 Å². The molecule has 0 radical (unpaired) electrons. The molecule has 2 rings (SSSR count). The molecule has 3 nitrogen and oxygen atoms in total. The first-order chi connectivity index (χ1) is 10.8. The van der Waals surface area contributed by atoms with Gasteiger partial charge in [-0.05, 0) is 17.2 Å². The lowest BCUT2D eigenvalue weighted by molar-refractivity contribution is 0.184. The third-order valence-electron chi connectivity index (χ3n) is 3.33. The van der Waals surface area contributed by atoms with Crippen LogP contribution in [0.1, 0.15) is 16.7 Å². The summed E-state index contributed by atoms with van der Waals surface area (Å²) in [5, 5.41) is 3.45. The predicted molar refractivity (Wildman–Crippen MR) is 88.5 cm³/mol. The fourth-order valence-corrected chi connectivity index (χ4v) is 2.27. The first-order valence-corrected chi connectivity index (χ1v) is 7.25. The molecule has 0 heterocycles. The van der Waals surface area contributed by atoms with Crippen molar-refractivity contribution in [1.82, 2.24) is 5.32 Å². The molecule has 0 aromatic heterocycles. The monoisotopic (exact) mass is 295 g/mol. The lowest BCUT2D eigenvalue weighted by atomic mass is 10.1. The van der Waals surface area contributed by atoms with E-state index in [0.29, 0.717) is 6.61 Å². The molecule has 0 amide bonds. The van der Waals surface area contributed by atoms with Crippen LogP contribution in [0.2, 0.25) is 0 Å². The second kappa shape index (κ2) is 8.89. The molecule has 0 spiro atoms. The van der Waals surface area contributed by atoms with Gasteiger partial charge >= 0.3 is 0 Å². The summed E-state index contributed by atoms with van der Waals surface area (Å²) in [6, 6.07) is 16.2. The van der Waals surface area contributed by atoms with E-state index >= 15 is 0 Å². The van der Waals surface area contributed by atoms with Gasteiger partial charge in [0, 0.05) is 25.8 Å². The smallest absolute Gasteiger partial charge is 0.148 e. The van der Waals surface area contributed by atoms with Crippen LogP contribution in [-0.4, -0.2) is 13.7 Å². The molecule has 0 aliphatic heterocycles. The van der Waals surface area contributed by atoms with Crippen LogP contribution < -0.4 is 10.1 Å². The standard InChI is InChI=1S/C19H21NO2/c1-3-12-22-19-11-7-6-9-17(19)14-20-13-16-8-4-5-10-18(16)15-21-2/h1,4-11,20H,12-15H2,2H3. The van der Waals surface area contributed by atoms with E-state index in [2.05, 4.69) is 23.4 Å². The molecule has 0 fully saturated rings. The Balaban J connectivity index is 1.96. The Kier molecular flexibility index (Phi) is 6.50. The number of nitrogens with one attached hydrogen (secondary N) is 1. The summed E-state index contributed by atoms with van der Waals surface area (Å²) in [5.74, 6) is 3.32. The molecule has 0 saturated carbocycles. The van der Waals surface area contributed by atoms with Gasteiger partial charge in [-0.2, -0.15) is 0 Å². The Hall–Kier alpha value is -2.28. The fourth-order valence-electron chi connectivity index (χ4n) is 2.27. The molecule has 0 saturated heterocycles. The predicted octanol–water partition coefficient (Wildman–Crippen LogP) is 3.13. The summed E-state index contributed by atoms with van der Waals surface area (Å²) in [6.07, 6.45) is 5.25. The van der Waals surface area contributed by atoms with Crippen LogP contribution in [0.15, 0.2) is 48.5 Å². The van der Waals surface area contributed by atoms with E-state index in [-0.39, 0.29) is 6.61 Å². The largest absolute Gasteiger partial charge is 0.481 e. The second-order valence-electron chi connectivity index (χ2n) is 4.91. The van der Waals surface area contributed by atoms with Crippen LogP contribution in [-0.2, 0) is 24.4 Å². The van der Waals surface area contributed by atoms with Crippen molar-refractivity contribution in [3.8, 4) is 18.1 Å². The Morgan fingerprint density at radius 1 is 0.955 bits per heavy atom. The van der Waals surface area contributed by atoms with E-state index in [0.717, 1.165) is 24.4 Å². The topological polar surface area (TPSA) is 30.5 Å². The highest BCUT2D eigenvalue weighted by atomic mass is 16.5. The van der Waals surface area contributed by atoms with E-state index < -0.39 is 0 Å². The van der Waals surface area contributed by atoms with E-state index in [1.807, 2.05) is 36.4 Å². The van der Waals surface area contributed by atoms with Crippen molar-refractivity contribution in [2.75, 3.05) is 13.7 Å². The number of ether oxygens (including phenoxy) is 2. The molecule has 3 heteroatoms. The molecule has 0 bridgehead atoms. The molecule has 2 aromatic rings. The van der Waals surface area contributed by atoms with E-state index in [4.69, 9.17) is 15.9 Å². The van der Waals surface area contributed by atoms with Gasteiger partial charge in [0.15, 0.2) is 0 Å². The third kappa shape index (κ3) is 4.63. The highest BCUT2D eigenvalue weighted by molar-refractivity contribution is 5.33. The maximum atomic E-state index is 5.56. The first kappa shape index (κ1) is 16.1. The summed E-state index contributed by atoms with van der Waals surface area (Å²) in [4.78, 5) is 0. The minimum absolute atomic E-state index is 0.285. The molecule has 0 unspecified atom stereocenters. The fraction of sp³-hybridized carbons (Fsp3) is 0.263. The van der Waals surface area contributed by atoms with E-state index in [1.54, 1.807) is 7.11 Å². The van der Waals surface area contributed by atoms with Crippen LogP contribution in [0.4, 0.5) is 0 Å². The molecule has 0 aliphatic rings. The van der Waals surface area contributed by atoms with Gasteiger partial charge in [-0.3, -0.25) is 0 Å². The number of hydrogen-bond donors (Lipinski definition) is 1. The summed E-state index contributed by atoms with van der Waals surface area (Å²) < 4.78 is 10.8. The van der Waals surface area contributed by atoms with Crippen LogP contribution in [0, 0.1) is 12.3 Å². The molecule has 0 atom stereocenters. The van der Waals surface area contributed by atoms with E-state index in [1.165, 1.54) is 11.1 Å². The zero-order valence-corrected chi connectivity index (χ0v) is 12.8. The quantitative estimate of drug-likeness (QED) is 0.759. The van der Waals surface area contributed by atoms with Gasteiger partial charge in [0.1, 0.15) is 12.4 Å². The molecule has 1 N–H and O–H groups in total. The number of methoxy groups -OCH3 is 1. The third-order valence-corrected chi connectivity index (χ3v) is 3.33. The minimum Gasteiger partial charge on any atom is -0.481 e. The Labute approximate surface area is 132 Å². The summed E-state index contributed by atoms with van der Waals surface area (Å²) in [7, 11) is 1.71. The number of para-hydroxylation sites is 1. The molecular weight excluding hydrogens is 274 g/mol. The van der Waals surface area contributed by atoms with Crippen molar-refractivity contribution < 1.29 is 9.47 Å². The van der Waals surface area contributed by atoms with Crippen LogP contribution in [0.3, 0.4) is 0 Å². The normalized spacial score (nSPS) is 10.2. The molecule has 22 heavy (non-hydrogen) atoms. The molecular formula is C19H21NO2. The number of hydrogen-bond acceptors (Lipinski definition) is 3. The van der Waals surface area contributed by atoms with E-state index in [9.17, 15) is 0 Å². The Morgan fingerprint density at radius 3 is 2.32 bits per heavy atom. The zero-order chi connectivity index (χ0) is 15.6. The lowest BCUT2D eigenvalue weighted by Crippen LogP contribution is -2.15. The maximum absolute atomic E-state index is 5.56. The molecule has 114 valence electrons. The van der Waals surface area contributed by atoms with Crippen molar-refractivity contribution >= 4 is 0 Å². The highest BCUT2D eigenvalue weighted by Gasteiger charge is 2.04. The first-order valence-electron chi connectivity index (χ1n) is 7.25. The van der Waals surface area contributed by atoms with Crippen molar-refractivity contribution in [2.24, 2.45) is 0 Å². The lowest BCUT2D eigenvalue weighted by Gasteiger charge is -2.12. The number of benzene rings is 2. The van der Waals surface area contributed by atoms with Crippen LogP contribution in [0.25, 0.3) is 0 Å². The van der Waals surface area contributed by atoms with Crippen molar-refractivity contribution in [3.05, 3.63) is 65.2 Å². The van der Waals surface area contributed by atoms with Crippen LogP contribution >= 0.6 is 0 Å².